The summed E-state index contributed by atoms with van der Waals surface area (Å²) in [5, 5.41) is 45.6. The Balaban J connectivity index is 0.000000195. The molecule has 29 nitrogen and oxygen atoms in total. The van der Waals surface area contributed by atoms with Crippen LogP contribution in [0.2, 0.25) is 15.1 Å². The Morgan fingerprint density at radius 1 is 0.513 bits per heavy atom. The number of aliphatic carboxylic acids is 1. The first-order valence-corrected chi connectivity index (χ1v) is 37.3. The zero-order chi connectivity index (χ0) is 83.2. The minimum absolute atomic E-state index is 0. The molecule has 0 saturated carbocycles. The van der Waals surface area contributed by atoms with Crippen LogP contribution in [-0.4, -0.2) is 125 Å². The predicted octanol–water partition coefficient (Wildman–Crippen LogP) is 14.0. The van der Waals surface area contributed by atoms with Crippen LogP contribution in [0.4, 0.5) is 28.4 Å². The summed E-state index contributed by atoms with van der Waals surface area (Å²) in [5.74, 6) is -3.27. The van der Waals surface area contributed by atoms with Crippen molar-refractivity contribution in [2.75, 3.05) is 44.0 Å². The van der Waals surface area contributed by atoms with Crippen LogP contribution in [-0.2, 0) is 87.5 Å². The van der Waals surface area contributed by atoms with E-state index in [2.05, 4.69) is 41.7 Å². The number of carboxylic acid groups (broad SMARTS) is 2. The number of nitro benzene ring substituents is 2. The molecule has 2 amide bonds. The molecule has 7 heterocycles. The van der Waals surface area contributed by atoms with Crippen molar-refractivity contribution < 1.29 is 102 Å². The number of nitrogen functional groups attached to an aromatic ring is 1. The van der Waals surface area contributed by atoms with Gasteiger partial charge in [-0.15, -0.1) is 0 Å². The third kappa shape index (κ3) is 22.5. The van der Waals surface area contributed by atoms with Crippen LogP contribution in [0, 0.1) is 20.2 Å². The van der Waals surface area contributed by atoms with E-state index in [9.17, 15) is 58.6 Å². The minimum atomic E-state index is -0.991. The Morgan fingerprint density at radius 3 is 1.30 bits per heavy atom. The zero-order valence-corrected chi connectivity index (χ0v) is 67.6. The Bertz CT molecular complexity index is 5820. The number of halogens is 4. The number of aromatic carboxylic acids is 1. The quantitative estimate of drug-likeness (QED) is 0.00853. The van der Waals surface area contributed by atoms with Gasteiger partial charge in [0.1, 0.15) is 11.0 Å². The number of anilines is 3. The van der Waals surface area contributed by atoms with E-state index >= 15 is 0 Å². The van der Waals surface area contributed by atoms with Crippen LogP contribution in [0.5, 0.6) is 0 Å². The predicted molar refractivity (Wildman–Crippen MR) is 445 cm³/mol. The number of carbonyl (C=O) groups excluding carboxylic acids is 6. The van der Waals surface area contributed by atoms with Crippen molar-refractivity contribution in [2.45, 2.75) is 70.3 Å². The number of nitrogens with two attached hydrogens (primary N) is 1. The van der Waals surface area contributed by atoms with Crippen molar-refractivity contribution in [3.05, 3.63) is 288 Å². The van der Waals surface area contributed by atoms with E-state index < -0.39 is 27.8 Å². The third-order valence-electron chi connectivity index (χ3n) is 18.2. The molecule has 0 aliphatic carbocycles. The molecule has 2 aliphatic rings. The standard InChI is InChI=1S/C20H17ClN2O3.C19H15ClN2O3.C12H12N2O4.C12H14N2O2.C8H6BrClO2.C8H6N2O2.C4H6O2.Li.H2O/c1-26-17(24)9-11-22-10-8-13-4-3-7-16(19(13)22)23-12-14-5-2-6-15(21)18(14)20(23)25;20-14-5-1-4-13-11-22(19(25)17(13)14)15-6-2-3-12-7-9-21(18(12)15)10-8-16(23)24;1-18-11(15)6-8-13-7-5-9-3-2-4-10(12(9)13)14(16)17;1-16-11(15)6-8-14-7-5-9-3-2-4-10(13)12(9)14;9-4-5-2-1-3-6(10)7(5)8(11)12;11-10(12)7-3-1-2-6-4-5-9-8(6)7;1-3-4(5)6-2;;/h2-8,10H,9,11-12H2,1H3;1-7,9H,8,10-11H2,(H,23,24);2-5,7H,6,8H2,1H3;2-5,7H,6,8,13H2,1H3;1-3H,4H2,(H,11,12);1-5,9H;3H,1H2,2H3;;1H2/q;;;;;;;+1;/p-1. The molecule has 0 saturated heterocycles. The number of nitrogens with one attached hydrogen (secondary N) is 1. The largest absolute Gasteiger partial charge is 1.00 e. The van der Waals surface area contributed by atoms with Crippen LogP contribution in [0.25, 0.3) is 54.5 Å². The molecular formula is C83H77BrCl3LiN10O19. The number of methoxy groups -OCH3 is 4. The van der Waals surface area contributed by atoms with Gasteiger partial charge in [-0.1, -0.05) is 154 Å². The number of para-hydroxylation sites is 5. The number of fused-ring (bicyclic) bond motifs is 7. The maximum absolute atomic E-state index is 13.0. The van der Waals surface area contributed by atoms with E-state index in [1.807, 2.05) is 141 Å². The van der Waals surface area contributed by atoms with Crippen molar-refractivity contribution in [1.82, 2.24) is 23.3 Å². The van der Waals surface area contributed by atoms with Gasteiger partial charge in [0, 0.05) is 108 Å². The molecule has 34 heteroatoms. The van der Waals surface area contributed by atoms with E-state index in [0.717, 1.165) is 77.7 Å². The van der Waals surface area contributed by atoms with E-state index in [0.29, 0.717) is 88.8 Å². The first-order valence-electron chi connectivity index (χ1n) is 35.1. The number of hydrogen-bond donors (Lipinski definition) is 4. The summed E-state index contributed by atoms with van der Waals surface area (Å²) in [4.78, 5) is 118. The third-order valence-corrected chi connectivity index (χ3v) is 19.7. The van der Waals surface area contributed by atoms with Crippen LogP contribution < -0.4 is 34.4 Å². The fourth-order valence-corrected chi connectivity index (χ4v) is 14.0. The first-order chi connectivity index (χ1) is 55.3. The number of nitrogens with zero attached hydrogens (tertiary/aromatic N) is 8. The zero-order valence-electron chi connectivity index (χ0n) is 63.7. The van der Waals surface area contributed by atoms with E-state index in [1.54, 1.807) is 81.4 Å². The van der Waals surface area contributed by atoms with Crippen molar-refractivity contribution in [3.8, 4) is 0 Å². The monoisotopic (exact) mass is 1710 g/mol. The number of aromatic nitrogens is 5. The molecule has 0 bridgehead atoms. The number of nitro groups is 2. The number of esters is 4. The number of rotatable bonds is 19. The number of non-ortho nitro benzene ring substituents is 2. The topological polar surface area (TPSA) is 398 Å². The summed E-state index contributed by atoms with van der Waals surface area (Å²) in [5.41, 5.74) is 16.1. The second kappa shape index (κ2) is 43.3. The van der Waals surface area contributed by atoms with Gasteiger partial charge in [0.2, 0.25) is 0 Å². The van der Waals surface area contributed by atoms with Crippen molar-refractivity contribution in [2.24, 2.45) is 0 Å². The Labute approximate surface area is 704 Å². The molecule has 602 valence electrons. The van der Waals surface area contributed by atoms with Gasteiger partial charge in [0.15, 0.2) is 0 Å². The van der Waals surface area contributed by atoms with E-state index in [4.69, 9.17) is 55.5 Å². The summed E-state index contributed by atoms with van der Waals surface area (Å²) in [6.45, 7) is 5.89. The molecule has 0 spiro atoms. The van der Waals surface area contributed by atoms with Crippen molar-refractivity contribution in [3.63, 3.8) is 0 Å². The fourth-order valence-electron chi connectivity index (χ4n) is 12.7. The maximum atomic E-state index is 13.0. The van der Waals surface area contributed by atoms with Gasteiger partial charge in [-0.2, -0.15) is 0 Å². The number of carboxylic acids is 2. The number of carbonyl (C=O) groups is 8. The van der Waals surface area contributed by atoms with Gasteiger partial charge < -0.3 is 73.4 Å². The van der Waals surface area contributed by atoms with Gasteiger partial charge in [-0.3, -0.25) is 49.0 Å². The molecule has 2 aliphatic heterocycles. The number of alkyl halides is 1. The summed E-state index contributed by atoms with van der Waals surface area (Å²) in [6.07, 6.45) is 11.1. The summed E-state index contributed by atoms with van der Waals surface area (Å²) >= 11 is 21.3. The van der Waals surface area contributed by atoms with Gasteiger partial charge in [0.05, 0.1) is 142 Å². The molecule has 0 fully saturated rings. The molecular weight excluding hydrogens is 1630 g/mol. The average Bonchev–Trinajstić information content (AvgIpc) is 1.60. The normalized spacial score (nSPS) is 11.3. The van der Waals surface area contributed by atoms with Gasteiger partial charge in [0.25, 0.3) is 23.2 Å². The van der Waals surface area contributed by atoms with E-state index in [-0.39, 0.29) is 95.3 Å². The maximum Gasteiger partial charge on any atom is 1.00 e. The number of aromatic amines is 1. The molecule has 5 aromatic heterocycles. The van der Waals surface area contributed by atoms with Gasteiger partial charge in [-0.25, -0.2) is 9.59 Å². The number of hydrogen-bond acceptors (Lipinski definition) is 18. The molecule has 0 atom stereocenters. The van der Waals surface area contributed by atoms with Crippen molar-refractivity contribution in [1.29, 1.82) is 0 Å². The Kier molecular flexibility index (Phi) is 33.9. The molecule has 13 aromatic rings. The van der Waals surface area contributed by atoms with E-state index in [1.165, 1.54) is 40.6 Å². The number of benzene rings is 8. The molecule has 15 rings (SSSR count). The van der Waals surface area contributed by atoms with Crippen LogP contribution >= 0.6 is 50.7 Å². The van der Waals surface area contributed by atoms with Crippen LogP contribution in [0.15, 0.2) is 220 Å². The Hall–Kier alpha value is -12.5. The van der Waals surface area contributed by atoms with Crippen LogP contribution in [0.3, 0.4) is 0 Å². The van der Waals surface area contributed by atoms with Crippen LogP contribution in [0.1, 0.15) is 73.4 Å². The summed E-state index contributed by atoms with van der Waals surface area (Å²) in [7, 11) is 5.40. The average molecular weight is 1710 g/mol. The first kappa shape index (κ1) is 91.6. The SMILES string of the molecule is C=CC(=O)OC.COC(=O)CCn1ccc2cccc(N)c21.COC(=O)CCn1ccc2cccc(N3Cc4cccc(Cl)c4C3=O)c21.COC(=O)CCn1ccc2cccc([N+](=O)[O-])c21.O=C(O)CCn1ccc2cccc(N3Cc4cccc(Cl)c4C3=O)c21.O=C(O)c1c(Cl)cccc1CBr.O=[N+]([O-])c1cccc2cc[nH]c12.[Li+].[OH-]. The molecule has 0 radical (unpaired) electrons. The number of H-pyrrole nitrogens is 1. The number of amides is 2. The van der Waals surface area contributed by atoms with Gasteiger partial charge in [-0.05, 0) is 83.4 Å². The summed E-state index contributed by atoms with van der Waals surface area (Å²) in [6, 6.07) is 52.8. The molecule has 6 N–H and O–H groups in total. The molecule has 0 unspecified atom stereocenters. The number of aryl methyl sites for hydroxylation is 4. The van der Waals surface area contributed by atoms with Gasteiger partial charge >= 0.3 is 54.7 Å². The molecule has 117 heavy (non-hydrogen) atoms. The van der Waals surface area contributed by atoms with Crippen molar-refractivity contribution >= 4 is 181 Å². The second-order valence-electron chi connectivity index (χ2n) is 25.1. The Morgan fingerprint density at radius 2 is 0.897 bits per heavy atom. The number of ether oxygens (including phenoxy) is 4. The smallest absolute Gasteiger partial charge is 0.870 e. The summed E-state index contributed by atoms with van der Waals surface area (Å²) < 4.78 is 25.6. The second-order valence-corrected chi connectivity index (χ2v) is 26.9. The minimum Gasteiger partial charge on any atom is -0.870 e. The molecule has 8 aromatic carbocycles. The fraction of sp³-hybridized carbons (Fsp3) is 0.181.